The van der Waals surface area contributed by atoms with Gasteiger partial charge in [-0.2, -0.15) is 0 Å². The lowest BCUT2D eigenvalue weighted by molar-refractivity contribution is 0.275. The summed E-state index contributed by atoms with van der Waals surface area (Å²) in [4.78, 5) is 0. The molecule has 1 unspecified atom stereocenters. The first-order valence-electron chi connectivity index (χ1n) is 5.08. The van der Waals surface area contributed by atoms with Gasteiger partial charge in [-0.3, -0.25) is 11.3 Å². The fraction of sp³-hybridized carbons (Fsp3) is 0.500. The Morgan fingerprint density at radius 1 is 1.27 bits per heavy atom. The summed E-state index contributed by atoms with van der Waals surface area (Å²) in [5, 5.41) is 0.759. The SMILES string of the molecule is Cc1cc(Cl)cc(C(NN)C(C)(C)C)c1. The largest absolute Gasteiger partial charge is 0.271 e. The molecular formula is C12H19ClN2. The van der Waals surface area contributed by atoms with E-state index in [1.54, 1.807) is 0 Å². The third-order valence-corrected chi connectivity index (χ3v) is 2.65. The van der Waals surface area contributed by atoms with E-state index in [1.165, 1.54) is 0 Å². The molecule has 2 nitrogen and oxygen atoms in total. The Bertz CT molecular complexity index is 322. The normalized spacial score (nSPS) is 14.0. The molecule has 15 heavy (non-hydrogen) atoms. The van der Waals surface area contributed by atoms with E-state index in [2.05, 4.69) is 32.3 Å². The second-order valence-electron chi connectivity index (χ2n) is 5.03. The average Bonchev–Trinajstić information content (AvgIpc) is 1.99. The van der Waals surface area contributed by atoms with E-state index in [0.717, 1.165) is 16.1 Å². The Balaban J connectivity index is 3.13. The van der Waals surface area contributed by atoms with Crippen LogP contribution >= 0.6 is 11.6 Å². The van der Waals surface area contributed by atoms with Gasteiger partial charge in [0.1, 0.15) is 0 Å². The monoisotopic (exact) mass is 226 g/mol. The summed E-state index contributed by atoms with van der Waals surface area (Å²) < 4.78 is 0. The molecule has 1 atom stereocenters. The van der Waals surface area contributed by atoms with Crippen molar-refractivity contribution in [2.45, 2.75) is 33.7 Å². The lowest BCUT2D eigenvalue weighted by Crippen LogP contribution is -2.36. The summed E-state index contributed by atoms with van der Waals surface area (Å²) in [5.41, 5.74) is 5.20. The number of hydrazine groups is 1. The maximum Gasteiger partial charge on any atom is 0.0508 e. The van der Waals surface area contributed by atoms with Crippen molar-refractivity contribution in [1.29, 1.82) is 0 Å². The molecule has 84 valence electrons. The molecule has 1 rings (SSSR count). The van der Waals surface area contributed by atoms with Crippen LogP contribution in [0.4, 0.5) is 0 Å². The summed E-state index contributed by atoms with van der Waals surface area (Å²) in [6, 6.07) is 6.13. The molecule has 0 saturated heterocycles. The maximum atomic E-state index is 6.03. The first-order chi connectivity index (χ1) is 6.84. The molecule has 0 amide bonds. The Kier molecular flexibility index (Phi) is 3.77. The quantitative estimate of drug-likeness (QED) is 0.601. The van der Waals surface area contributed by atoms with Crippen LogP contribution in [0, 0.1) is 12.3 Å². The number of hydrogen-bond acceptors (Lipinski definition) is 2. The first kappa shape index (κ1) is 12.5. The predicted octanol–water partition coefficient (Wildman–Crippen LogP) is 3.20. The molecular weight excluding hydrogens is 208 g/mol. The summed E-state index contributed by atoms with van der Waals surface area (Å²) in [6.45, 7) is 8.47. The van der Waals surface area contributed by atoms with Gasteiger partial charge in [-0.05, 0) is 35.6 Å². The van der Waals surface area contributed by atoms with E-state index in [0.29, 0.717) is 0 Å². The van der Waals surface area contributed by atoms with Gasteiger partial charge in [0.15, 0.2) is 0 Å². The smallest absolute Gasteiger partial charge is 0.0508 e. The van der Waals surface area contributed by atoms with Crippen LogP contribution in [-0.2, 0) is 0 Å². The van der Waals surface area contributed by atoms with E-state index < -0.39 is 0 Å². The molecule has 0 saturated carbocycles. The van der Waals surface area contributed by atoms with Crippen molar-refractivity contribution >= 4 is 11.6 Å². The van der Waals surface area contributed by atoms with Crippen LogP contribution in [-0.4, -0.2) is 0 Å². The van der Waals surface area contributed by atoms with Crippen LogP contribution in [0.1, 0.15) is 37.9 Å². The number of nitrogens with one attached hydrogen (secondary N) is 1. The fourth-order valence-corrected chi connectivity index (χ4v) is 2.08. The van der Waals surface area contributed by atoms with Crippen molar-refractivity contribution in [3.63, 3.8) is 0 Å². The van der Waals surface area contributed by atoms with Crippen molar-refractivity contribution in [2.24, 2.45) is 11.3 Å². The van der Waals surface area contributed by atoms with Crippen LogP contribution in [0.25, 0.3) is 0 Å². The molecule has 0 spiro atoms. The highest BCUT2D eigenvalue weighted by atomic mass is 35.5. The second-order valence-corrected chi connectivity index (χ2v) is 5.46. The molecule has 0 radical (unpaired) electrons. The molecule has 3 N–H and O–H groups in total. The second kappa shape index (κ2) is 4.52. The van der Waals surface area contributed by atoms with Gasteiger partial charge in [0.25, 0.3) is 0 Å². The van der Waals surface area contributed by atoms with Crippen LogP contribution in [0.5, 0.6) is 0 Å². The number of nitrogens with two attached hydrogens (primary N) is 1. The average molecular weight is 227 g/mol. The van der Waals surface area contributed by atoms with Crippen LogP contribution < -0.4 is 11.3 Å². The Morgan fingerprint density at radius 2 is 1.87 bits per heavy atom. The third-order valence-electron chi connectivity index (χ3n) is 2.43. The number of aryl methyl sites for hydroxylation is 1. The van der Waals surface area contributed by atoms with Gasteiger partial charge < -0.3 is 0 Å². The molecule has 3 heteroatoms. The fourth-order valence-electron chi connectivity index (χ4n) is 1.78. The standard InChI is InChI=1S/C12H19ClN2/c1-8-5-9(7-10(13)6-8)11(15-14)12(2,3)4/h5-7,11,15H,14H2,1-4H3. The Labute approximate surface area is 96.8 Å². The maximum absolute atomic E-state index is 6.03. The minimum atomic E-state index is 0.0614. The van der Waals surface area contributed by atoms with Gasteiger partial charge in [0.05, 0.1) is 6.04 Å². The summed E-state index contributed by atoms with van der Waals surface area (Å²) >= 11 is 6.03. The van der Waals surface area contributed by atoms with E-state index in [1.807, 2.05) is 19.1 Å². The Hall–Kier alpha value is -0.570. The molecule has 0 heterocycles. The van der Waals surface area contributed by atoms with Gasteiger partial charge in [0.2, 0.25) is 0 Å². The van der Waals surface area contributed by atoms with Crippen LogP contribution in [0.3, 0.4) is 0 Å². The lowest BCUT2D eigenvalue weighted by atomic mass is 9.82. The van der Waals surface area contributed by atoms with Gasteiger partial charge in [-0.1, -0.05) is 38.4 Å². The van der Waals surface area contributed by atoms with E-state index in [-0.39, 0.29) is 11.5 Å². The van der Waals surface area contributed by atoms with E-state index in [9.17, 15) is 0 Å². The van der Waals surface area contributed by atoms with Crippen molar-refractivity contribution in [3.05, 3.63) is 34.3 Å². The van der Waals surface area contributed by atoms with Crippen molar-refractivity contribution < 1.29 is 0 Å². The number of benzene rings is 1. The molecule has 1 aromatic rings. The van der Waals surface area contributed by atoms with Crippen molar-refractivity contribution in [1.82, 2.24) is 5.43 Å². The van der Waals surface area contributed by atoms with Crippen LogP contribution in [0.2, 0.25) is 5.02 Å². The molecule has 0 aliphatic rings. The number of halogens is 1. The highest BCUT2D eigenvalue weighted by Gasteiger charge is 2.25. The third kappa shape index (κ3) is 3.20. The topological polar surface area (TPSA) is 38.0 Å². The lowest BCUT2D eigenvalue weighted by Gasteiger charge is -2.30. The molecule has 0 fully saturated rings. The highest BCUT2D eigenvalue weighted by molar-refractivity contribution is 6.30. The van der Waals surface area contributed by atoms with Crippen molar-refractivity contribution in [2.75, 3.05) is 0 Å². The molecule has 0 aromatic heterocycles. The van der Waals surface area contributed by atoms with E-state index in [4.69, 9.17) is 17.4 Å². The summed E-state index contributed by atoms with van der Waals surface area (Å²) in [7, 11) is 0. The zero-order chi connectivity index (χ0) is 11.6. The minimum absolute atomic E-state index is 0.0614. The Morgan fingerprint density at radius 3 is 2.27 bits per heavy atom. The number of hydrogen-bond donors (Lipinski definition) is 2. The summed E-state index contributed by atoms with van der Waals surface area (Å²) in [5.74, 6) is 5.60. The molecule has 1 aromatic carbocycles. The van der Waals surface area contributed by atoms with E-state index >= 15 is 0 Å². The highest BCUT2D eigenvalue weighted by Crippen LogP contribution is 2.33. The van der Waals surface area contributed by atoms with Crippen molar-refractivity contribution in [3.8, 4) is 0 Å². The predicted molar refractivity (Wildman–Crippen MR) is 65.7 cm³/mol. The van der Waals surface area contributed by atoms with Gasteiger partial charge in [-0.25, -0.2) is 0 Å². The zero-order valence-corrected chi connectivity index (χ0v) is 10.5. The number of rotatable bonds is 2. The summed E-state index contributed by atoms with van der Waals surface area (Å²) in [6.07, 6.45) is 0. The van der Waals surface area contributed by atoms with Crippen LogP contribution in [0.15, 0.2) is 18.2 Å². The molecule has 0 aliphatic carbocycles. The molecule has 0 bridgehead atoms. The van der Waals surface area contributed by atoms with Gasteiger partial charge in [0, 0.05) is 5.02 Å². The first-order valence-corrected chi connectivity index (χ1v) is 5.45. The molecule has 0 aliphatic heterocycles. The zero-order valence-electron chi connectivity index (χ0n) is 9.76. The van der Waals surface area contributed by atoms with Gasteiger partial charge >= 0.3 is 0 Å². The van der Waals surface area contributed by atoms with Gasteiger partial charge in [-0.15, -0.1) is 0 Å². The minimum Gasteiger partial charge on any atom is -0.271 e.